The van der Waals surface area contributed by atoms with Crippen LogP contribution in [0.4, 0.5) is 8.78 Å². The van der Waals surface area contributed by atoms with Gasteiger partial charge >= 0.3 is 3.93 Å². The van der Waals surface area contributed by atoms with Crippen molar-refractivity contribution in [1.29, 1.82) is 0 Å². The molecule has 0 N–H and O–H groups in total. The zero-order valence-electron chi connectivity index (χ0n) is 3.13. The van der Waals surface area contributed by atoms with Crippen molar-refractivity contribution >= 4 is 45.6 Å². The number of alkyl halides is 3. The average Bonchev–Trinajstić information content (AvgIpc) is 1.30. The zero-order valence-corrected chi connectivity index (χ0v) is 7.44. The van der Waals surface area contributed by atoms with Crippen molar-refractivity contribution in [2.24, 2.45) is 0 Å². The molecule has 0 aromatic heterocycles. The van der Waals surface area contributed by atoms with Gasteiger partial charge < -0.3 is 3.07 Å². The summed E-state index contributed by atoms with van der Waals surface area (Å²) in [4.78, 5) is 0. The Bertz CT molecular complexity index is 52.1. The molecule has 0 aromatic rings. The maximum atomic E-state index is 11.6. The van der Waals surface area contributed by atoms with Crippen molar-refractivity contribution in [1.82, 2.24) is 0 Å². The van der Waals surface area contributed by atoms with Gasteiger partial charge in [0, 0.05) is 22.6 Å². The van der Waals surface area contributed by atoms with E-state index in [0.717, 1.165) is 22.6 Å². The van der Waals surface area contributed by atoms with E-state index in [1.165, 1.54) is 23.0 Å². The molecule has 0 saturated heterocycles. The van der Waals surface area contributed by atoms with Crippen molar-refractivity contribution in [2.45, 2.75) is 3.93 Å². The molecule has 0 atom stereocenters. The second-order valence-corrected chi connectivity index (χ2v) is 3.07. The predicted octanol–water partition coefficient (Wildman–Crippen LogP) is 2.38. The summed E-state index contributed by atoms with van der Waals surface area (Å²) in [5.74, 6) is 0. The van der Waals surface area contributed by atoms with Gasteiger partial charge in [-0.3, -0.25) is 0 Å². The van der Waals surface area contributed by atoms with Crippen molar-refractivity contribution in [3.05, 3.63) is 0 Å². The summed E-state index contributed by atoms with van der Waals surface area (Å²) in [6.07, 6.45) is 0. The molecule has 0 aromatic carbocycles. The highest BCUT2D eigenvalue weighted by molar-refractivity contribution is 14.1. The Balaban J connectivity index is 3.15. The second-order valence-electron chi connectivity index (χ2n) is 0.869. The van der Waals surface area contributed by atoms with Crippen LogP contribution in [0.25, 0.3) is 0 Å². The molecule has 0 heterocycles. The molecule has 0 unspecified atom stereocenters. The SMILES string of the molecule is FC(F)(I)COI. The fourth-order valence-electron chi connectivity index (χ4n) is 0.0619. The Morgan fingerprint density at radius 1 is 1.57 bits per heavy atom. The van der Waals surface area contributed by atoms with Crippen LogP contribution in [0.1, 0.15) is 0 Å². The van der Waals surface area contributed by atoms with Crippen LogP contribution in [0.3, 0.4) is 0 Å². The van der Waals surface area contributed by atoms with Crippen LogP contribution in [0.2, 0.25) is 0 Å². The van der Waals surface area contributed by atoms with Gasteiger partial charge in [-0.25, -0.2) is 0 Å². The molecule has 5 heteroatoms. The molecule has 0 fully saturated rings. The minimum Gasteiger partial charge on any atom is -0.309 e. The Morgan fingerprint density at radius 3 is 2.00 bits per heavy atom. The van der Waals surface area contributed by atoms with Crippen molar-refractivity contribution < 1.29 is 11.8 Å². The lowest BCUT2D eigenvalue weighted by atomic mass is 10.8. The molecule has 0 aliphatic carbocycles. The molecule has 44 valence electrons. The first-order valence-electron chi connectivity index (χ1n) is 1.36. The predicted molar refractivity (Wildman–Crippen MR) is 38.9 cm³/mol. The maximum Gasteiger partial charge on any atom is 0.320 e. The molecule has 0 aliphatic rings. The van der Waals surface area contributed by atoms with Gasteiger partial charge in [-0.15, -0.1) is 0 Å². The third-order valence-electron chi connectivity index (χ3n) is 0.218. The van der Waals surface area contributed by atoms with Crippen molar-refractivity contribution in [3.8, 4) is 0 Å². The molecule has 0 saturated carbocycles. The van der Waals surface area contributed by atoms with Gasteiger partial charge in [0.25, 0.3) is 0 Å². The van der Waals surface area contributed by atoms with E-state index in [1.54, 1.807) is 0 Å². The Kier molecular flexibility index (Phi) is 3.94. The molecular weight excluding hydrogens is 332 g/mol. The van der Waals surface area contributed by atoms with Crippen molar-refractivity contribution in [3.63, 3.8) is 0 Å². The summed E-state index contributed by atoms with van der Waals surface area (Å²) < 4.78 is 24.6. The summed E-state index contributed by atoms with van der Waals surface area (Å²) in [7, 11) is 0. The first-order chi connectivity index (χ1) is 3.06. The lowest BCUT2D eigenvalue weighted by Crippen LogP contribution is -2.10. The molecule has 7 heavy (non-hydrogen) atoms. The standard InChI is InChI=1S/C2H2F2I2O/c3-2(4,5)1-7-6/h1H2. The minimum absolute atomic E-state index is 0.520. The van der Waals surface area contributed by atoms with E-state index in [4.69, 9.17) is 0 Å². The summed E-state index contributed by atoms with van der Waals surface area (Å²) in [5, 5.41) is 0. The van der Waals surface area contributed by atoms with Crippen LogP contribution < -0.4 is 0 Å². The maximum absolute atomic E-state index is 11.6. The van der Waals surface area contributed by atoms with Gasteiger partial charge in [-0.05, 0) is 0 Å². The third-order valence-corrected chi connectivity index (χ3v) is 0.841. The lowest BCUT2D eigenvalue weighted by Gasteiger charge is -2.02. The first kappa shape index (κ1) is 8.28. The first-order valence-corrected chi connectivity index (χ1v) is 3.32. The lowest BCUT2D eigenvalue weighted by molar-refractivity contribution is 0.0834. The molecular formula is C2H2F2I2O. The normalized spacial score (nSPS) is 12.0. The molecule has 0 rings (SSSR count). The van der Waals surface area contributed by atoms with E-state index >= 15 is 0 Å². The molecule has 0 spiro atoms. The molecule has 0 amide bonds. The van der Waals surface area contributed by atoms with Crippen LogP contribution in [0, 0.1) is 0 Å². The van der Waals surface area contributed by atoms with E-state index in [-0.39, 0.29) is 0 Å². The third kappa shape index (κ3) is 7.28. The van der Waals surface area contributed by atoms with E-state index in [9.17, 15) is 8.78 Å². The van der Waals surface area contributed by atoms with Crippen LogP contribution in [0.15, 0.2) is 0 Å². The number of rotatable bonds is 2. The summed E-state index contributed by atoms with van der Waals surface area (Å²) >= 11 is 2.44. The molecule has 0 radical (unpaired) electrons. The van der Waals surface area contributed by atoms with Gasteiger partial charge in [0.15, 0.2) is 0 Å². The fourth-order valence-corrected chi connectivity index (χ4v) is 1.20. The molecule has 0 bridgehead atoms. The largest absolute Gasteiger partial charge is 0.320 e. The monoisotopic (exact) mass is 334 g/mol. The van der Waals surface area contributed by atoms with Gasteiger partial charge in [0.05, 0.1) is 0 Å². The van der Waals surface area contributed by atoms with Gasteiger partial charge in [0.2, 0.25) is 0 Å². The Hall–Kier alpha value is 1.28. The zero-order chi connectivity index (χ0) is 5.91. The van der Waals surface area contributed by atoms with Crippen LogP contribution >= 0.6 is 45.6 Å². The summed E-state index contributed by atoms with van der Waals surface area (Å²) in [6.45, 7) is -0.520. The van der Waals surface area contributed by atoms with E-state index in [2.05, 4.69) is 3.07 Å². The fraction of sp³-hybridized carbons (Fsp3) is 1.00. The highest BCUT2D eigenvalue weighted by atomic mass is 127. The quantitative estimate of drug-likeness (QED) is 0.557. The van der Waals surface area contributed by atoms with Crippen LogP contribution in [-0.2, 0) is 3.07 Å². The van der Waals surface area contributed by atoms with E-state index in [1.807, 2.05) is 0 Å². The van der Waals surface area contributed by atoms with Crippen LogP contribution in [-0.4, -0.2) is 10.5 Å². The highest BCUT2D eigenvalue weighted by Gasteiger charge is 2.22. The van der Waals surface area contributed by atoms with Crippen molar-refractivity contribution in [2.75, 3.05) is 6.61 Å². The average molecular weight is 334 g/mol. The second kappa shape index (κ2) is 3.33. The molecule has 1 nitrogen and oxygen atoms in total. The van der Waals surface area contributed by atoms with E-state index in [0.29, 0.717) is 0 Å². The van der Waals surface area contributed by atoms with Gasteiger partial charge in [-0.2, -0.15) is 8.78 Å². The van der Waals surface area contributed by atoms with Crippen LogP contribution in [0.5, 0.6) is 0 Å². The smallest absolute Gasteiger partial charge is 0.309 e. The summed E-state index contributed by atoms with van der Waals surface area (Å²) in [5.41, 5.74) is 0. The number of halogens is 4. The van der Waals surface area contributed by atoms with E-state index < -0.39 is 10.5 Å². The number of hydrogen-bond donors (Lipinski definition) is 0. The Labute approximate surface area is 67.6 Å². The summed E-state index contributed by atoms with van der Waals surface area (Å²) in [6, 6.07) is 0. The number of hydrogen-bond acceptors (Lipinski definition) is 1. The Morgan fingerprint density at radius 2 is 2.00 bits per heavy atom. The van der Waals surface area contributed by atoms with Gasteiger partial charge in [0.1, 0.15) is 29.6 Å². The van der Waals surface area contributed by atoms with Gasteiger partial charge in [-0.1, -0.05) is 0 Å². The minimum atomic E-state index is -2.71. The molecule has 0 aliphatic heterocycles. The topological polar surface area (TPSA) is 9.23 Å². The highest BCUT2D eigenvalue weighted by Crippen LogP contribution is 2.22.